The van der Waals surface area contributed by atoms with E-state index in [1.54, 1.807) is 48.9 Å². The van der Waals surface area contributed by atoms with Gasteiger partial charge in [-0.1, -0.05) is 0 Å². The van der Waals surface area contributed by atoms with E-state index in [0.717, 1.165) is 5.56 Å². The van der Waals surface area contributed by atoms with Crippen molar-refractivity contribution in [3.63, 3.8) is 0 Å². The van der Waals surface area contributed by atoms with Crippen molar-refractivity contribution < 1.29 is 13.9 Å². The first kappa shape index (κ1) is 17.5. The van der Waals surface area contributed by atoms with Crippen LogP contribution < -0.4 is 4.74 Å². The van der Waals surface area contributed by atoms with Gasteiger partial charge in [-0.2, -0.15) is 5.26 Å². The highest BCUT2D eigenvalue weighted by Gasteiger charge is 2.13. The van der Waals surface area contributed by atoms with Crippen LogP contribution in [0.5, 0.6) is 5.75 Å². The maximum atomic E-state index is 13.0. The van der Waals surface area contributed by atoms with E-state index in [4.69, 9.17) is 4.74 Å². The number of rotatable bonds is 5. The molecule has 1 aromatic heterocycles. The molecule has 6 heteroatoms. The Morgan fingerprint density at radius 1 is 1.19 bits per heavy atom. The Hall–Kier alpha value is -3.30. The Morgan fingerprint density at radius 2 is 1.88 bits per heavy atom. The van der Waals surface area contributed by atoms with Gasteiger partial charge in [0.1, 0.15) is 28.2 Å². The molecule has 0 spiro atoms. The number of nitrogens with zero attached hydrogens (tertiary/aromatic N) is 2. The SMILES string of the molecule is COc1ccc(C(=O)/C(C#N)=C/c2csc(-c3ccc(F)cc3)n2)cc1. The van der Waals surface area contributed by atoms with Crippen LogP contribution >= 0.6 is 11.3 Å². The molecule has 0 unspecified atom stereocenters. The van der Waals surface area contributed by atoms with Crippen molar-refractivity contribution in [1.82, 2.24) is 4.98 Å². The lowest BCUT2D eigenvalue weighted by atomic mass is 10.0. The van der Waals surface area contributed by atoms with E-state index in [9.17, 15) is 14.4 Å². The number of aromatic nitrogens is 1. The molecule has 0 amide bonds. The fourth-order valence-electron chi connectivity index (χ4n) is 2.27. The van der Waals surface area contributed by atoms with E-state index >= 15 is 0 Å². The van der Waals surface area contributed by atoms with Gasteiger partial charge in [0.05, 0.1) is 12.8 Å². The monoisotopic (exact) mass is 364 g/mol. The van der Waals surface area contributed by atoms with E-state index < -0.39 is 0 Å². The van der Waals surface area contributed by atoms with E-state index in [0.29, 0.717) is 22.0 Å². The van der Waals surface area contributed by atoms with Gasteiger partial charge in [-0.05, 0) is 54.6 Å². The molecule has 3 aromatic rings. The minimum Gasteiger partial charge on any atom is -0.497 e. The minimum absolute atomic E-state index is 0.00822. The highest BCUT2D eigenvalue weighted by atomic mass is 32.1. The second-order valence-corrected chi connectivity index (χ2v) is 6.17. The summed E-state index contributed by atoms with van der Waals surface area (Å²) in [5, 5.41) is 11.8. The molecule has 0 aliphatic rings. The third kappa shape index (κ3) is 3.85. The van der Waals surface area contributed by atoms with Crippen molar-refractivity contribution in [2.45, 2.75) is 0 Å². The Labute approximate surface area is 153 Å². The summed E-state index contributed by atoms with van der Waals surface area (Å²) in [7, 11) is 1.54. The topological polar surface area (TPSA) is 63.0 Å². The van der Waals surface area contributed by atoms with Gasteiger partial charge in [0.15, 0.2) is 0 Å². The quantitative estimate of drug-likeness (QED) is 0.372. The van der Waals surface area contributed by atoms with Gasteiger partial charge >= 0.3 is 0 Å². The number of carbonyl (C=O) groups excluding carboxylic acids is 1. The first-order valence-corrected chi connectivity index (χ1v) is 8.50. The molecule has 0 saturated heterocycles. The summed E-state index contributed by atoms with van der Waals surface area (Å²) < 4.78 is 18.1. The molecule has 0 radical (unpaired) electrons. The Kier molecular flexibility index (Phi) is 5.20. The fourth-order valence-corrected chi connectivity index (χ4v) is 3.06. The number of thiazole rings is 1. The Bertz CT molecular complexity index is 1000. The number of hydrogen-bond acceptors (Lipinski definition) is 5. The summed E-state index contributed by atoms with van der Waals surface area (Å²) in [4.78, 5) is 16.9. The number of Topliss-reactive ketones (excluding diaryl/α,β-unsaturated/α-hetero) is 1. The molecular formula is C20H13FN2O2S. The van der Waals surface area contributed by atoms with Gasteiger partial charge in [-0.25, -0.2) is 9.37 Å². The van der Waals surface area contributed by atoms with Gasteiger partial charge in [0.25, 0.3) is 0 Å². The molecule has 4 nitrogen and oxygen atoms in total. The van der Waals surface area contributed by atoms with Crippen molar-refractivity contribution in [2.24, 2.45) is 0 Å². The van der Waals surface area contributed by atoms with E-state index in [-0.39, 0.29) is 17.2 Å². The average Bonchev–Trinajstić information content (AvgIpc) is 3.15. The van der Waals surface area contributed by atoms with Gasteiger partial charge < -0.3 is 4.74 Å². The van der Waals surface area contributed by atoms with Crippen molar-refractivity contribution in [3.05, 3.63) is 76.6 Å². The van der Waals surface area contributed by atoms with Crippen LogP contribution in [0.1, 0.15) is 16.1 Å². The number of allylic oxidation sites excluding steroid dienone is 1. The van der Waals surface area contributed by atoms with Crippen LogP contribution in [0.3, 0.4) is 0 Å². The molecule has 128 valence electrons. The van der Waals surface area contributed by atoms with E-state index in [1.807, 2.05) is 6.07 Å². The minimum atomic E-state index is -0.383. The first-order valence-electron chi connectivity index (χ1n) is 7.62. The number of nitriles is 1. The first-order chi connectivity index (χ1) is 12.6. The molecule has 0 aliphatic carbocycles. The Balaban J connectivity index is 1.86. The highest BCUT2D eigenvalue weighted by Crippen LogP contribution is 2.25. The number of halogens is 1. The molecular weight excluding hydrogens is 351 g/mol. The summed E-state index contributed by atoms with van der Waals surface area (Å²) in [6.45, 7) is 0. The Morgan fingerprint density at radius 3 is 2.50 bits per heavy atom. The van der Waals surface area contributed by atoms with Crippen LogP contribution in [0.15, 0.2) is 59.5 Å². The molecule has 26 heavy (non-hydrogen) atoms. The summed E-state index contributed by atoms with van der Waals surface area (Å²) in [6, 6.07) is 14.5. The van der Waals surface area contributed by atoms with Crippen LogP contribution in [0.4, 0.5) is 4.39 Å². The molecule has 1 heterocycles. The third-order valence-corrected chi connectivity index (χ3v) is 4.53. The predicted octanol–water partition coefficient (Wildman–Crippen LogP) is 4.75. The lowest BCUT2D eigenvalue weighted by molar-refractivity contribution is 0.104. The van der Waals surface area contributed by atoms with Crippen molar-refractivity contribution in [2.75, 3.05) is 7.11 Å². The van der Waals surface area contributed by atoms with Crippen LogP contribution in [-0.4, -0.2) is 17.9 Å². The number of ether oxygens (including phenoxy) is 1. The maximum Gasteiger partial charge on any atom is 0.203 e. The van der Waals surface area contributed by atoms with E-state index in [2.05, 4.69) is 4.98 Å². The summed E-state index contributed by atoms with van der Waals surface area (Å²) in [6.07, 6.45) is 1.45. The van der Waals surface area contributed by atoms with Crippen molar-refractivity contribution >= 4 is 23.2 Å². The number of ketones is 1. The number of benzene rings is 2. The molecule has 0 aliphatic heterocycles. The summed E-state index contributed by atoms with van der Waals surface area (Å²) >= 11 is 1.36. The second-order valence-electron chi connectivity index (χ2n) is 5.31. The molecule has 3 rings (SSSR count). The molecule has 0 fully saturated rings. The lowest BCUT2D eigenvalue weighted by Crippen LogP contribution is -2.02. The van der Waals surface area contributed by atoms with Gasteiger partial charge in [0.2, 0.25) is 5.78 Å². The molecule has 0 bridgehead atoms. The molecule has 0 atom stereocenters. The van der Waals surface area contributed by atoms with Gasteiger partial charge in [0, 0.05) is 16.5 Å². The lowest BCUT2D eigenvalue weighted by Gasteiger charge is -2.01. The van der Waals surface area contributed by atoms with Crippen LogP contribution in [-0.2, 0) is 0 Å². The number of carbonyl (C=O) groups is 1. The fraction of sp³-hybridized carbons (Fsp3) is 0.0500. The number of hydrogen-bond donors (Lipinski definition) is 0. The van der Waals surface area contributed by atoms with Crippen LogP contribution in [0, 0.1) is 17.1 Å². The number of methoxy groups -OCH3 is 1. The van der Waals surface area contributed by atoms with Crippen molar-refractivity contribution in [3.8, 4) is 22.4 Å². The molecule has 0 saturated carbocycles. The summed E-state index contributed by atoms with van der Waals surface area (Å²) in [5.41, 5.74) is 1.67. The maximum absolute atomic E-state index is 13.0. The zero-order valence-electron chi connectivity index (χ0n) is 13.8. The highest BCUT2D eigenvalue weighted by molar-refractivity contribution is 7.13. The average molecular weight is 364 g/mol. The van der Waals surface area contributed by atoms with Crippen LogP contribution in [0.2, 0.25) is 0 Å². The smallest absolute Gasteiger partial charge is 0.203 e. The molecule has 2 aromatic carbocycles. The standard InChI is InChI=1S/C20H13FN2O2S/c1-25-18-8-4-13(5-9-18)19(24)15(11-22)10-17-12-26-20(23-17)14-2-6-16(21)7-3-14/h2-10,12H,1H3/b15-10+. The zero-order valence-corrected chi connectivity index (χ0v) is 14.6. The molecule has 0 N–H and O–H groups in total. The van der Waals surface area contributed by atoms with E-state index in [1.165, 1.54) is 29.5 Å². The van der Waals surface area contributed by atoms with Crippen LogP contribution in [0.25, 0.3) is 16.6 Å². The third-order valence-electron chi connectivity index (χ3n) is 3.62. The van der Waals surface area contributed by atoms with Crippen molar-refractivity contribution in [1.29, 1.82) is 5.26 Å². The largest absolute Gasteiger partial charge is 0.497 e. The normalized spacial score (nSPS) is 11.0. The summed E-state index contributed by atoms with van der Waals surface area (Å²) in [5.74, 6) is -0.0683. The van der Waals surface area contributed by atoms with Gasteiger partial charge in [-0.15, -0.1) is 11.3 Å². The second kappa shape index (κ2) is 7.72. The van der Waals surface area contributed by atoms with Gasteiger partial charge in [-0.3, -0.25) is 4.79 Å². The zero-order chi connectivity index (χ0) is 18.5. The predicted molar refractivity (Wildman–Crippen MR) is 98.4 cm³/mol.